The lowest BCUT2D eigenvalue weighted by molar-refractivity contribution is -0.142. The summed E-state index contributed by atoms with van der Waals surface area (Å²) in [5.41, 5.74) is 2.19. The van der Waals surface area contributed by atoms with Gasteiger partial charge in [-0.15, -0.1) is 0 Å². The van der Waals surface area contributed by atoms with Gasteiger partial charge in [-0.25, -0.2) is 9.97 Å². The van der Waals surface area contributed by atoms with Gasteiger partial charge in [0.2, 0.25) is 0 Å². The number of hydrogen-bond acceptors (Lipinski definition) is 5. The van der Waals surface area contributed by atoms with Gasteiger partial charge in [-0.2, -0.15) is 0 Å². The first-order valence-electron chi connectivity index (χ1n) is 8.18. The molecular weight excluding hydrogens is 304 g/mol. The summed E-state index contributed by atoms with van der Waals surface area (Å²) in [6.07, 6.45) is 1.30. The molecule has 6 nitrogen and oxygen atoms in total. The van der Waals surface area contributed by atoms with Gasteiger partial charge in [0.15, 0.2) is 0 Å². The SMILES string of the molecule is Cc1ccc(Nc2cc(N3CCC(C(=O)O)CC3)nc(C)n2)cc1. The minimum absolute atomic E-state index is 0.241. The Morgan fingerprint density at radius 3 is 2.46 bits per heavy atom. The maximum Gasteiger partial charge on any atom is 0.306 e. The van der Waals surface area contributed by atoms with Crippen molar-refractivity contribution >= 4 is 23.3 Å². The maximum atomic E-state index is 11.1. The molecule has 2 N–H and O–H groups in total. The summed E-state index contributed by atoms with van der Waals surface area (Å²) in [4.78, 5) is 22.2. The normalized spacial score (nSPS) is 15.3. The van der Waals surface area contributed by atoms with Gasteiger partial charge in [0.1, 0.15) is 17.5 Å². The van der Waals surface area contributed by atoms with Crippen molar-refractivity contribution in [3.63, 3.8) is 0 Å². The zero-order chi connectivity index (χ0) is 17.1. The summed E-state index contributed by atoms with van der Waals surface area (Å²) in [5.74, 6) is 1.36. The second kappa shape index (κ2) is 6.86. The summed E-state index contributed by atoms with van der Waals surface area (Å²) in [7, 11) is 0. The molecule has 1 aliphatic heterocycles. The molecule has 3 rings (SSSR count). The number of anilines is 3. The number of aliphatic carboxylic acids is 1. The van der Waals surface area contributed by atoms with Gasteiger partial charge >= 0.3 is 5.97 Å². The quantitative estimate of drug-likeness (QED) is 0.899. The first-order valence-corrected chi connectivity index (χ1v) is 8.18. The van der Waals surface area contributed by atoms with E-state index in [2.05, 4.69) is 27.1 Å². The van der Waals surface area contributed by atoms with Crippen LogP contribution in [0.5, 0.6) is 0 Å². The minimum Gasteiger partial charge on any atom is -0.481 e. The van der Waals surface area contributed by atoms with Crippen LogP contribution in [0.1, 0.15) is 24.2 Å². The molecule has 0 saturated carbocycles. The number of piperidine rings is 1. The van der Waals surface area contributed by atoms with Gasteiger partial charge in [-0.1, -0.05) is 17.7 Å². The van der Waals surface area contributed by atoms with Gasteiger partial charge in [0, 0.05) is 24.8 Å². The highest BCUT2D eigenvalue weighted by atomic mass is 16.4. The number of nitrogens with zero attached hydrogens (tertiary/aromatic N) is 3. The molecule has 2 aromatic rings. The van der Waals surface area contributed by atoms with E-state index in [-0.39, 0.29) is 5.92 Å². The van der Waals surface area contributed by atoms with E-state index in [1.54, 1.807) is 0 Å². The number of carbonyl (C=O) groups is 1. The summed E-state index contributed by atoms with van der Waals surface area (Å²) >= 11 is 0. The Bertz CT molecular complexity index is 722. The molecule has 2 heterocycles. The average Bonchev–Trinajstić information content (AvgIpc) is 2.56. The van der Waals surface area contributed by atoms with Crippen molar-refractivity contribution in [3.8, 4) is 0 Å². The molecule has 1 aromatic carbocycles. The van der Waals surface area contributed by atoms with Gasteiger partial charge in [-0.3, -0.25) is 4.79 Å². The molecule has 0 unspecified atom stereocenters. The first-order chi connectivity index (χ1) is 11.5. The van der Waals surface area contributed by atoms with Crippen molar-refractivity contribution in [1.29, 1.82) is 0 Å². The second-order valence-electron chi connectivity index (χ2n) is 6.25. The Balaban J connectivity index is 1.74. The van der Waals surface area contributed by atoms with Crippen LogP contribution in [0.25, 0.3) is 0 Å². The largest absolute Gasteiger partial charge is 0.481 e. The zero-order valence-corrected chi connectivity index (χ0v) is 14.0. The lowest BCUT2D eigenvalue weighted by Crippen LogP contribution is -2.36. The summed E-state index contributed by atoms with van der Waals surface area (Å²) in [5, 5.41) is 12.4. The van der Waals surface area contributed by atoms with Crippen LogP contribution in [-0.2, 0) is 4.79 Å². The monoisotopic (exact) mass is 326 g/mol. The van der Waals surface area contributed by atoms with Crippen LogP contribution in [0.4, 0.5) is 17.3 Å². The minimum atomic E-state index is -0.699. The van der Waals surface area contributed by atoms with Crippen molar-refractivity contribution in [3.05, 3.63) is 41.7 Å². The molecule has 126 valence electrons. The van der Waals surface area contributed by atoms with Crippen LogP contribution in [0.2, 0.25) is 0 Å². The molecule has 24 heavy (non-hydrogen) atoms. The third kappa shape index (κ3) is 3.82. The number of carboxylic acids is 1. The Morgan fingerprint density at radius 1 is 1.17 bits per heavy atom. The molecule has 1 aromatic heterocycles. The van der Waals surface area contributed by atoms with Crippen LogP contribution in [0, 0.1) is 19.8 Å². The molecule has 1 saturated heterocycles. The number of rotatable bonds is 4. The highest BCUT2D eigenvalue weighted by Crippen LogP contribution is 2.25. The van der Waals surface area contributed by atoms with Gasteiger partial charge < -0.3 is 15.3 Å². The Kier molecular flexibility index (Phi) is 4.64. The van der Waals surface area contributed by atoms with Crippen molar-refractivity contribution in [1.82, 2.24) is 9.97 Å². The van der Waals surface area contributed by atoms with E-state index >= 15 is 0 Å². The van der Waals surface area contributed by atoms with Gasteiger partial charge in [0.25, 0.3) is 0 Å². The van der Waals surface area contributed by atoms with Gasteiger partial charge in [-0.05, 0) is 38.8 Å². The highest BCUT2D eigenvalue weighted by molar-refractivity contribution is 5.70. The standard InChI is InChI=1S/C18H22N4O2/c1-12-3-5-15(6-4-12)21-16-11-17(20-13(2)19-16)22-9-7-14(8-10-22)18(23)24/h3-6,11,14H,7-10H2,1-2H3,(H,23,24)(H,19,20,21). The van der Waals surface area contributed by atoms with Crippen LogP contribution >= 0.6 is 0 Å². The van der Waals surface area contributed by atoms with Crippen LogP contribution in [-0.4, -0.2) is 34.1 Å². The summed E-state index contributed by atoms with van der Waals surface area (Å²) in [6.45, 7) is 5.33. The van der Waals surface area contributed by atoms with E-state index in [1.807, 2.05) is 37.3 Å². The molecule has 1 aliphatic rings. The number of benzene rings is 1. The molecule has 0 aliphatic carbocycles. The molecular formula is C18H22N4O2. The smallest absolute Gasteiger partial charge is 0.306 e. The summed E-state index contributed by atoms with van der Waals surface area (Å²) < 4.78 is 0. The third-order valence-electron chi connectivity index (χ3n) is 4.32. The first kappa shape index (κ1) is 16.2. The van der Waals surface area contributed by atoms with Crippen molar-refractivity contribution < 1.29 is 9.90 Å². The van der Waals surface area contributed by atoms with Crippen LogP contribution < -0.4 is 10.2 Å². The van der Waals surface area contributed by atoms with E-state index in [4.69, 9.17) is 5.11 Å². The number of nitrogens with one attached hydrogen (secondary N) is 1. The number of aryl methyl sites for hydroxylation is 2. The van der Waals surface area contributed by atoms with Crippen LogP contribution in [0.15, 0.2) is 30.3 Å². The molecule has 1 fully saturated rings. The van der Waals surface area contributed by atoms with Gasteiger partial charge in [0.05, 0.1) is 5.92 Å². The summed E-state index contributed by atoms with van der Waals surface area (Å²) in [6, 6.07) is 10.1. The van der Waals surface area contributed by atoms with E-state index in [9.17, 15) is 4.79 Å². The topological polar surface area (TPSA) is 78.4 Å². The maximum absolute atomic E-state index is 11.1. The number of aromatic nitrogens is 2. The van der Waals surface area contributed by atoms with E-state index < -0.39 is 5.97 Å². The lowest BCUT2D eigenvalue weighted by Gasteiger charge is -2.31. The molecule has 0 radical (unpaired) electrons. The lowest BCUT2D eigenvalue weighted by atomic mass is 9.97. The second-order valence-corrected chi connectivity index (χ2v) is 6.25. The Labute approximate surface area is 141 Å². The predicted octanol–water partition coefficient (Wildman–Crippen LogP) is 3.14. The molecule has 0 spiro atoms. The fraction of sp³-hybridized carbons (Fsp3) is 0.389. The molecule has 0 atom stereocenters. The van der Waals surface area contributed by atoms with Crippen molar-refractivity contribution in [2.75, 3.05) is 23.3 Å². The van der Waals surface area contributed by atoms with E-state index in [0.29, 0.717) is 31.8 Å². The average molecular weight is 326 g/mol. The molecule has 0 amide bonds. The zero-order valence-electron chi connectivity index (χ0n) is 14.0. The number of hydrogen-bond donors (Lipinski definition) is 2. The Morgan fingerprint density at radius 2 is 1.83 bits per heavy atom. The molecule has 0 bridgehead atoms. The fourth-order valence-electron chi connectivity index (χ4n) is 2.92. The number of carboxylic acid groups (broad SMARTS) is 1. The van der Waals surface area contributed by atoms with E-state index in [1.165, 1.54) is 5.56 Å². The fourth-order valence-corrected chi connectivity index (χ4v) is 2.92. The predicted molar refractivity (Wildman–Crippen MR) is 93.8 cm³/mol. The van der Waals surface area contributed by atoms with Crippen molar-refractivity contribution in [2.24, 2.45) is 5.92 Å². The van der Waals surface area contributed by atoms with Crippen LogP contribution in [0.3, 0.4) is 0 Å². The van der Waals surface area contributed by atoms with E-state index in [0.717, 1.165) is 17.3 Å². The highest BCUT2D eigenvalue weighted by Gasteiger charge is 2.25. The Hall–Kier alpha value is -2.63. The molecule has 6 heteroatoms. The van der Waals surface area contributed by atoms with Crippen molar-refractivity contribution in [2.45, 2.75) is 26.7 Å². The third-order valence-corrected chi connectivity index (χ3v) is 4.32.